The van der Waals surface area contributed by atoms with Gasteiger partial charge in [0.05, 0.1) is 22.6 Å². The molecule has 1 fully saturated rings. The fourth-order valence-electron chi connectivity index (χ4n) is 2.29. The van der Waals surface area contributed by atoms with Crippen LogP contribution in [-0.4, -0.2) is 34.8 Å². The van der Waals surface area contributed by atoms with Crippen LogP contribution in [0.2, 0.25) is 0 Å². The molecule has 1 unspecified atom stereocenters. The standard InChI is InChI=1S/C13H16N2O5/c1-13(5-2-6-20-8-13)14-11-4-3-9(15(18)19)7-10(11)12(16)17/h3-4,7,14H,2,5-6,8H2,1H3,(H,16,17). The molecule has 1 atom stereocenters. The number of aromatic carboxylic acids is 1. The number of nitrogens with one attached hydrogen (secondary N) is 1. The van der Waals surface area contributed by atoms with E-state index in [1.165, 1.54) is 12.1 Å². The third-order valence-electron chi connectivity index (χ3n) is 3.32. The van der Waals surface area contributed by atoms with Gasteiger partial charge in [-0.25, -0.2) is 4.79 Å². The summed E-state index contributed by atoms with van der Waals surface area (Å²) in [5.41, 5.74) is -0.335. The predicted molar refractivity (Wildman–Crippen MR) is 72.1 cm³/mol. The lowest BCUT2D eigenvalue weighted by Crippen LogP contribution is -2.43. The van der Waals surface area contributed by atoms with Gasteiger partial charge in [-0.05, 0) is 25.8 Å². The van der Waals surface area contributed by atoms with Gasteiger partial charge in [0, 0.05) is 24.4 Å². The summed E-state index contributed by atoms with van der Waals surface area (Å²) in [7, 11) is 0. The van der Waals surface area contributed by atoms with Crippen molar-refractivity contribution >= 4 is 17.3 Å². The van der Waals surface area contributed by atoms with Crippen LogP contribution in [0.3, 0.4) is 0 Å². The normalized spacial score (nSPS) is 22.2. The zero-order valence-corrected chi connectivity index (χ0v) is 11.1. The van der Waals surface area contributed by atoms with Crippen LogP contribution in [-0.2, 0) is 4.74 Å². The van der Waals surface area contributed by atoms with E-state index < -0.39 is 10.9 Å². The summed E-state index contributed by atoms with van der Waals surface area (Å²) in [6, 6.07) is 3.79. The SMILES string of the molecule is CC1(Nc2ccc([N+](=O)[O-])cc2C(=O)O)CCCOC1. The maximum atomic E-state index is 11.2. The van der Waals surface area contributed by atoms with Gasteiger partial charge in [0.25, 0.3) is 5.69 Å². The maximum absolute atomic E-state index is 11.2. The van der Waals surface area contributed by atoms with Gasteiger partial charge in [-0.3, -0.25) is 10.1 Å². The van der Waals surface area contributed by atoms with Gasteiger partial charge in [-0.15, -0.1) is 0 Å². The first kappa shape index (κ1) is 14.3. The Morgan fingerprint density at radius 1 is 1.55 bits per heavy atom. The molecule has 0 bridgehead atoms. The number of nitro groups is 1. The molecule has 0 aromatic heterocycles. The second-order valence-electron chi connectivity index (χ2n) is 5.13. The van der Waals surface area contributed by atoms with Crippen molar-refractivity contribution in [3.05, 3.63) is 33.9 Å². The van der Waals surface area contributed by atoms with E-state index in [4.69, 9.17) is 4.74 Å². The first-order chi connectivity index (χ1) is 9.41. The number of hydrogen-bond donors (Lipinski definition) is 2. The van der Waals surface area contributed by atoms with Crippen LogP contribution < -0.4 is 5.32 Å². The van der Waals surface area contributed by atoms with Gasteiger partial charge in [0.2, 0.25) is 0 Å². The zero-order chi connectivity index (χ0) is 14.8. The van der Waals surface area contributed by atoms with Crippen LogP contribution in [0.15, 0.2) is 18.2 Å². The minimum atomic E-state index is -1.20. The molecule has 108 valence electrons. The minimum absolute atomic E-state index is 0.106. The van der Waals surface area contributed by atoms with Crippen molar-refractivity contribution in [2.24, 2.45) is 0 Å². The molecule has 1 heterocycles. The molecule has 7 nitrogen and oxygen atoms in total. The predicted octanol–water partition coefficient (Wildman–Crippen LogP) is 2.27. The highest BCUT2D eigenvalue weighted by Gasteiger charge is 2.29. The van der Waals surface area contributed by atoms with Crippen LogP contribution in [0.25, 0.3) is 0 Å². The molecule has 20 heavy (non-hydrogen) atoms. The second kappa shape index (κ2) is 5.46. The van der Waals surface area contributed by atoms with Gasteiger partial charge < -0.3 is 15.2 Å². The van der Waals surface area contributed by atoms with Crippen LogP contribution in [0, 0.1) is 10.1 Å². The fourth-order valence-corrected chi connectivity index (χ4v) is 2.29. The molecule has 1 aromatic rings. The Labute approximate surface area is 115 Å². The first-order valence-electron chi connectivity index (χ1n) is 6.29. The quantitative estimate of drug-likeness (QED) is 0.648. The number of hydrogen-bond acceptors (Lipinski definition) is 5. The molecule has 2 N–H and O–H groups in total. The van der Waals surface area contributed by atoms with E-state index >= 15 is 0 Å². The molecule has 1 aliphatic heterocycles. The third kappa shape index (κ3) is 3.05. The van der Waals surface area contributed by atoms with E-state index in [0.717, 1.165) is 18.9 Å². The summed E-state index contributed by atoms with van der Waals surface area (Å²) < 4.78 is 5.40. The van der Waals surface area contributed by atoms with Crippen molar-refractivity contribution in [2.45, 2.75) is 25.3 Å². The highest BCUT2D eigenvalue weighted by Crippen LogP contribution is 2.28. The summed E-state index contributed by atoms with van der Waals surface area (Å²) in [6.45, 7) is 3.12. The molecule has 0 saturated carbocycles. The minimum Gasteiger partial charge on any atom is -0.478 e. The van der Waals surface area contributed by atoms with E-state index in [0.29, 0.717) is 18.9 Å². The molecule has 0 spiro atoms. The first-order valence-corrected chi connectivity index (χ1v) is 6.29. The maximum Gasteiger partial charge on any atom is 0.338 e. The van der Waals surface area contributed by atoms with E-state index in [-0.39, 0.29) is 16.8 Å². The lowest BCUT2D eigenvalue weighted by Gasteiger charge is -2.35. The van der Waals surface area contributed by atoms with Crippen molar-refractivity contribution < 1.29 is 19.6 Å². The average molecular weight is 280 g/mol. The highest BCUT2D eigenvalue weighted by molar-refractivity contribution is 5.95. The molecular formula is C13H16N2O5. The molecule has 0 aliphatic carbocycles. The molecule has 2 rings (SSSR count). The van der Waals surface area contributed by atoms with Crippen LogP contribution in [0.1, 0.15) is 30.1 Å². The number of anilines is 1. The average Bonchev–Trinajstić information content (AvgIpc) is 2.39. The van der Waals surface area contributed by atoms with E-state index in [1.54, 1.807) is 0 Å². The Balaban J connectivity index is 2.31. The number of nitro benzene ring substituents is 1. The molecular weight excluding hydrogens is 264 g/mol. The Morgan fingerprint density at radius 3 is 2.85 bits per heavy atom. The van der Waals surface area contributed by atoms with Crippen molar-refractivity contribution in [3.63, 3.8) is 0 Å². The van der Waals surface area contributed by atoms with E-state index in [9.17, 15) is 20.0 Å². The van der Waals surface area contributed by atoms with E-state index in [1.807, 2.05) is 6.92 Å². The van der Waals surface area contributed by atoms with Gasteiger partial charge in [-0.2, -0.15) is 0 Å². The van der Waals surface area contributed by atoms with E-state index in [2.05, 4.69) is 5.32 Å². The number of ether oxygens (including phenoxy) is 1. The monoisotopic (exact) mass is 280 g/mol. The molecule has 0 amide bonds. The Morgan fingerprint density at radius 2 is 2.30 bits per heavy atom. The second-order valence-corrected chi connectivity index (χ2v) is 5.13. The molecule has 1 saturated heterocycles. The Bertz CT molecular complexity index is 538. The van der Waals surface area contributed by atoms with Crippen LogP contribution in [0.5, 0.6) is 0 Å². The number of carboxylic acids is 1. The lowest BCUT2D eigenvalue weighted by molar-refractivity contribution is -0.384. The van der Waals surface area contributed by atoms with Gasteiger partial charge in [0.1, 0.15) is 0 Å². The van der Waals surface area contributed by atoms with Gasteiger partial charge >= 0.3 is 5.97 Å². The Kier molecular flexibility index (Phi) is 3.89. The van der Waals surface area contributed by atoms with Gasteiger partial charge in [0.15, 0.2) is 0 Å². The van der Waals surface area contributed by atoms with Crippen molar-refractivity contribution in [1.29, 1.82) is 0 Å². The molecule has 1 aromatic carbocycles. The topological polar surface area (TPSA) is 102 Å². The van der Waals surface area contributed by atoms with Crippen LogP contribution in [0.4, 0.5) is 11.4 Å². The number of carboxylic acid groups (broad SMARTS) is 1. The van der Waals surface area contributed by atoms with Gasteiger partial charge in [-0.1, -0.05) is 0 Å². The summed E-state index contributed by atoms with van der Waals surface area (Å²) in [5, 5.41) is 23.0. The number of carbonyl (C=O) groups is 1. The summed E-state index contributed by atoms with van der Waals surface area (Å²) in [5.74, 6) is -1.20. The summed E-state index contributed by atoms with van der Waals surface area (Å²) in [6.07, 6.45) is 1.74. The number of rotatable bonds is 4. The fraction of sp³-hybridized carbons (Fsp3) is 0.462. The highest BCUT2D eigenvalue weighted by atomic mass is 16.6. The molecule has 1 aliphatic rings. The largest absolute Gasteiger partial charge is 0.478 e. The Hall–Kier alpha value is -2.15. The third-order valence-corrected chi connectivity index (χ3v) is 3.32. The number of benzene rings is 1. The molecule has 7 heteroatoms. The van der Waals surface area contributed by atoms with Crippen LogP contribution >= 0.6 is 0 Å². The van der Waals surface area contributed by atoms with Crippen molar-refractivity contribution in [3.8, 4) is 0 Å². The van der Waals surface area contributed by atoms with Crippen molar-refractivity contribution in [1.82, 2.24) is 0 Å². The number of nitrogens with zero attached hydrogens (tertiary/aromatic N) is 1. The lowest BCUT2D eigenvalue weighted by atomic mass is 9.94. The van der Waals surface area contributed by atoms with Crippen molar-refractivity contribution in [2.75, 3.05) is 18.5 Å². The number of non-ortho nitro benzene ring substituents is 1. The zero-order valence-electron chi connectivity index (χ0n) is 11.1. The molecule has 0 radical (unpaired) electrons. The smallest absolute Gasteiger partial charge is 0.338 e. The summed E-state index contributed by atoms with van der Waals surface area (Å²) >= 11 is 0. The summed E-state index contributed by atoms with van der Waals surface area (Å²) in [4.78, 5) is 21.4.